The fourth-order valence-corrected chi connectivity index (χ4v) is 1.97. The Labute approximate surface area is 129 Å². The van der Waals surface area contributed by atoms with Crippen LogP contribution in [0.4, 0.5) is 4.79 Å². The van der Waals surface area contributed by atoms with Crippen molar-refractivity contribution in [2.75, 3.05) is 7.05 Å². The zero-order valence-electron chi connectivity index (χ0n) is 12.3. The lowest BCUT2D eigenvalue weighted by Gasteiger charge is -2.17. The molecule has 0 radical (unpaired) electrons. The summed E-state index contributed by atoms with van der Waals surface area (Å²) in [6.07, 6.45) is -0.638. The van der Waals surface area contributed by atoms with E-state index in [9.17, 15) is 9.59 Å². The Bertz CT molecular complexity index is 614. The number of carbonyl (C=O) groups is 2. The standard InChI is InChI=1S/C17H18N2O3/c1-18-16(20)15(14-10-6-3-7-11-14)19-17(21)22-12-13-8-4-2-5-9-13/h2-11,15H,12H2,1H3,(H,18,20)(H,19,21)/t15-/m1/s1. The van der Waals surface area contributed by atoms with E-state index in [2.05, 4.69) is 10.6 Å². The van der Waals surface area contributed by atoms with Gasteiger partial charge in [0.2, 0.25) is 5.91 Å². The summed E-state index contributed by atoms with van der Waals surface area (Å²) in [7, 11) is 1.52. The van der Waals surface area contributed by atoms with Crippen molar-refractivity contribution in [3.8, 4) is 0 Å². The number of ether oxygens (including phenoxy) is 1. The molecule has 0 unspecified atom stereocenters. The Morgan fingerprint density at radius 2 is 1.59 bits per heavy atom. The van der Waals surface area contributed by atoms with Crippen LogP contribution in [0, 0.1) is 0 Å². The van der Waals surface area contributed by atoms with Crippen LogP contribution in [-0.4, -0.2) is 19.0 Å². The molecule has 0 aromatic heterocycles. The van der Waals surface area contributed by atoms with Crippen molar-refractivity contribution in [1.29, 1.82) is 0 Å². The molecule has 0 saturated carbocycles. The van der Waals surface area contributed by atoms with Crippen LogP contribution in [0.2, 0.25) is 0 Å². The Hall–Kier alpha value is -2.82. The van der Waals surface area contributed by atoms with Crippen molar-refractivity contribution in [2.45, 2.75) is 12.6 Å². The first-order valence-corrected chi connectivity index (χ1v) is 6.94. The van der Waals surface area contributed by atoms with Crippen molar-refractivity contribution in [2.24, 2.45) is 0 Å². The van der Waals surface area contributed by atoms with Gasteiger partial charge in [0.25, 0.3) is 0 Å². The second-order valence-corrected chi connectivity index (χ2v) is 4.66. The molecule has 0 aliphatic carbocycles. The fourth-order valence-electron chi connectivity index (χ4n) is 1.97. The van der Waals surface area contributed by atoms with Gasteiger partial charge >= 0.3 is 6.09 Å². The second-order valence-electron chi connectivity index (χ2n) is 4.66. The first-order valence-electron chi connectivity index (χ1n) is 6.94. The minimum atomic E-state index is -0.783. The SMILES string of the molecule is CNC(=O)[C@H](NC(=O)OCc1ccccc1)c1ccccc1. The highest BCUT2D eigenvalue weighted by atomic mass is 16.5. The molecule has 1 atom stereocenters. The lowest BCUT2D eigenvalue weighted by Crippen LogP contribution is -2.39. The van der Waals surface area contributed by atoms with E-state index in [1.54, 1.807) is 12.1 Å². The van der Waals surface area contributed by atoms with Gasteiger partial charge in [-0.3, -0.25) is 4.79 Å². The third-order valence-corrected chi connectivity index (χ3v) is 3.12. The molecule has 5 nitrogen and oxygen atoms in total. The lowest BCUT2D eigenvalue weighted by atomic mass is 10.1. The van der Waals surface area contributed by atoms with Gasteiger partial charge in [-0.2, -0.15) is 0 Å². The molecule has 2 aromatic rings. The van der Waals surface area contributed by atoms with Gasteiger partial charge in [0, 0.05) is 7.05 Å². The summed E-state index contributed by atoms with van der Waals surface area (Å²) in [5.41, 5.74) is 1.58. The van der Waals surface area contributed by atoms with Crippen LogP contribution in [-0.2, 0) is 16.1 Å². The van der Waals surface area contributed by atoms with E-state index in [-0.39, 0.29) is 12.5 Å². The summed E-state index contributed by atoms with van der Waals surface area (Å²) in [4.78, 5) is 23.8. The number of likely N-dealkylation sites (N-methyl/N-ethyl adjacent to an activating group) is 1. The number of nitrogens with one attached hydrogen (secondary N) is 2. The highest BCUT2D eigenvalue weighted by Gasteiger charge is 2.22. The van der Waals surface area contributed by atoms with Gasteiger partial charge in [0.15, 0.2) is 0 Å². The van der Waals surface area contributed by atoms with Crippen LogP contribution in [0.25, 0.3) is 0 Å². The van der Waals surface area contributed by atoms with E-state index in [1.165, 1.54) is 7.05 Å². The number of carbonyl (C=O) groups excluding carboxylic acids is 2. The van der Waals surface area contributed by atoms with Crippen molar-refractivity contribution < 1.29 is 14.3 Å². The summed E-state index contributed by atoms with van der Waals surface area (Å²) in [6, 6.07) is 17.6. The third-order valence-electron chi connectivity index (χ3n) is 3.12. The predicted molar refractivity (Wildman–Crippen MR) is 83.0 cm³/mol. The molecule has 0 aliphatic heterocycles. The smallest absolute Gasteiger partial charge is 0.408 e. The van der Waals surface area contributed by atoms with Crippen LogP contribution in [0.15, 0.2) is 60.7 Å². The zero-order chi connectivity index (χ0) is 15.8. The summed E-state index contributed by atoms with van der Waals surface area (Å²) < 4.78 is 5.14. The molecule has 0 bridgehead atoms. The van der Waals surface area contributed by atoms with E-state index in [1.807, 2.05) is 48.5 Å². The van der Waals surface area contributed by atoms with Gasteiger partial charge in [0.1, 0.15) is 12.6 Å². The molecule has 2 N–H and O–H groups in total. The lowest BCUT2D eigenvalue weighted by molar-refractivity contribution is -0.122. The molecule has 0 aliphatic rings. The van der Waals surface area contributed by atoms with Crippen molar-refractivity contribution >= 4 is 12.0 Å². The normalized spacial score (nSPS) is 11.3. The predicted octanol–water partition coefficient (Wildman–Crippen LogP) is 2.40. The number of hydrogen-bond acceptors (Lipinski definition) is 3. The summed E-state index contributed by atoms with van der Waals surface area (Å²) in [6.45, 7) is 0.155. The molecular formula is C17H18N2O3. The van der Waals surface area contributed by atoms with Crippen molar-refractivity contribution in [1.82, 2.24) is 10.6 Å². The van der Waals surface area contributed by atoms with Gasteiger partial charge in [-0.15, -0.1) is 0 Å². The van der Waals surface area contributed by atoms with E-state index in [4.69, 9.17) is 4.74 Å². The van der Waals surface area contributed by atoms with Crippen LogP contribution in [0.3, 0.4) is 0 Å². The molecule has 2 aromatic carbocycles. The van der Waals surface area contributed by atoms with Crippen LogP contribution in [0.1, 0.15) is 17.2 Å². The Balaban J connectivity index is 1.98. The second kappa shape index (κ2) is 7.83. The van der Waals surface area contributed by atoms with Gasteiger partial charge in [-0.25, -0.2) is 4.79 Å². The molecule has 114 valence electrons. The van der Waals surface area contributed by atoms with E-state index >= 15 is 0 Å². The first kappa shape index (κ1) is 15.6. The number of amides is 2. The number of rotatable bonds is 5. The monoisotopic (exact) mass is 298 g/mol. The van der Waals surface area contributed by atoms with Crippen molar-refractivity contribution in [3.63, 3.8) is 0 Å². The van der Waals surface area contributed by atoms with Gasteiger partial charge in [0.05, 0.1) is 0 Å². The molecule has 0 spiro atoms. The van der Waals surface area contributed by atoms with Crippen LogP contribution in [0.5, 0.6) is 0 Å². The van der Waals surface area contributed by atoms with Crippen LogP contribution < -0.4 is 10.6 Å². The highest BCUT2D eigenvalue weighted by molar-refractivity contribution is 5.86. The summed E-state index contributed by atoms with van der Waals surface area (Å²) >= 11 is 0. The van der Waals surface area contributed by atoms with E-state index in [0.717, 1.165) is 5.56 Å². The number of benzene rings is 2. The van der Waals surface area contributed by atoms with Gasteiger partial charge in [-0.05, 0) is 11.1 Å². The average Bonchev–Trinajstić information content (AvgIpc) is 2.59. The van der Waals surface area contributed by atoms with Gasteiger partial charge in [-0.1, -0.05) is 60.7 Å². The quantitative estimate of drug-likeness (QED) is 0.890. The minimum absolute atomic E-state index is 0.155. The van der Waals surface area contributed by atoms with Crippen LogP contribution >= 0.6 is 0 Å². The maximum atomic E-state index is 11.9. The van der Waals surface area contributed by atoms with Gasteiger partial charge < -0.3 is 15.4 Å². The maximum absolute atomic E-state index is 11.9. The maximum Gasteiger partial charge on any atom is 0.408 e. The Morgan fingerprint density at radius 1 is 1.00 bits per heavy atom. The third kappa shape index (κ3) is 4.34. The highest BCUT2D eigenvalue weighted by Crippen LogP contribution is 2.13. The molecule has 0 saturated heterocycles. The van der Waals surface area contributed by atoms with E-state index in [0.29, 0.717) is 5.56 Å². The molecule has 0 heterocycles. The average molecular weight is 298 g/mol. The van der Waals surface area contributed by atoms with E-state index < -0.39 is 12.1 Å². The molecule has 22 heavy (non-hydrogen) atoms. The Morgan fingerprint density at radius 3 is 2.18 bits per heavy atom. The Kier molecular flexibility index (Phi) is 5.54. The van der Waals surface area contributed by atoms with Crippen molar-refractivity contribution in [3.05, 3.63) is 71.8 Å². The number of alkyl carbamates (subject to hydrolysis) is 1. The minimum Gasteiger partial charge on any atom is -0.445 e. The number of hydrogen-bond donors (Lipinski definition) is 2. The summed E-state index contributed by atoms with van der Waals surface area (Å²) in [5.74, 6) is -0.303. The molecule has 2 rings (SSSR count). The molecule has 2 amide bonds. The zero-order valence-corrected chi connectivity index (χ0v) is 12.3. The molecule has 0 fully saturated rings. The largest absolute Gasteiger partial charge is 0.445 e. The molecule has 5 heteroatoms. The first-order chi connectivity index (χ1) is 10.7. The molecular weight excluding hydrogens is 280 g/mol. The summed E-state index contributed by atoms with van der Waals surface area (Å²) in [5, 5.41) is 5.11. The topological polar surface area (TPSA) is 67.4 Å². The fraction of sp³-hybridized carbons (Fsp3) is 0.176.